The molecule has 0 unspecified atom stereocenters. The first-order valence-electron chi connectivity index (χ1n) is 8.86. The Hall–Kier alpha value is -3.15. The van der Waals surface area contributed by atoms with Gasteiger partial charge in [-0.3, -0.25) is 4.79 Å². The minimum Gasteiger partial charge on any atom is -0.481 e. The summed E-state index contributed by atoms with van der Waals surface area (Å²) < 4.78 is 20.6. The lowest BCUT2D eigenvalue weighted by Crippen LogP contribution is -2.37. The van der Waals surface area contributed by atoms with E-state index in [-0.39, 0.29) is 11.7 Å². The molecule has 6 heteroatoms. The van der Waals surface area contributed by atoms with E-state index in [0.717, 1.165) is 17.1 Å². The lowest BCUT2D eigenvalue weighted by molar-refractivity contribution is -0.128. The number of aryl methyl sites for hydroxylation is 1. The molecule has 1 atom stereocenters. The van der Waals surface area contributed by atoms with E-state index < -0.39 is 6.10 Å². The highest BCUT2D eigenvalue weighted by Gasteiger charge is 2.18. The van der Waals surface area contributed by atoms with Crippen molar-refractivity contribution in [2.24, 2.45) is 0 Å². The van der Waals surface area contributed by atoms with E-state index in [2.05, 4.69) is 10.3 Å². The van der Waals surface area contributed by atoms with Gasteiger partial charge in [0.1, 0.15) is 17.4 Å². The third kappa shape index (κ3) is 4.73. The molecule has 1 heterocycles. The van der Waals surface area contributed by atoms with Crippen LogP contribution in [0.5, 0.6) is 5.75 Å². The van der Waals surface area contributed by atoms with Gasteiger partial charge in [-0.25, -0.2) is 9.37 Å². The zero-order valence-electron chi connectivity index (χ0n) is 15.4. The van der Waals surface area contributed by atoms with E-state index in [9.17, 15) is 9.18 Å². The third-order valence-corrected chi connectivity index (χ3v) is 4.26. The number of rotatable bonds is 7. The minimum absolute atomic E-state index is 0.198. The van der Waals surface area contributed by atoms with Crippen LogP contribution in [0.15, 0.2) is 60.9 Å². The second-order valence-electron chi connectivity index (χ2n) is 6.20. The standard InChI is InChI=1S/C21H22FN3O2/c1-3-20(27-19-10-6-17(22)7-11-19)21(26)24-14-16-4-8-18(9-5-16)25-13-12-23-15(25)2/h4-13,20H,3,14H2,1-2H3,(H,24,26)/t20-/m0/s1. The molecule has 3 rings (SSSR count). The Bertz CT molecular complexity index is 889. The molecule has 0 saturated carbocycles. The van der Waals surface area contributed by atoms with Crippen LogP contribution in [0.25, 0.3) is 5.69 Å². The molecular weight excluding hydrogens is 345 g/mol. The Labute approximate surface area is 157 Å². The molecule has 5 nitrogen and oxygen atoms in total. The molecule has 0 bridgehead atoms. The number of ether oxygens (including phenoxy) is 1. The number of imidazole rings is 1. The number of hydrogen-bond acceptors (Lipinski definition) is 3. The molecular formula is C21H22FN3O2. The average Bonchev–Trinajstić information content (AvgIpc) is 3.12. The summed E-state index contributed by atoms with van der Waals surface area (Å²) in [6.45, 7) is 4.22. The van der Waals surface area contributed by atoms with Gasteiger partial charge in [0.15, 0.2) is 6.10 Å². The van der Waals surface area contributed by atoms with Crippen molar-refractivity contribution in [2.45, 2.75) is 32.9 Å². The normalized spacial score (nSPS) is 11.8. The molecule has 0 aliphatic heterocycles. The van der Waals surface area contributed by atoms with E-state index in [4.69, 9.17) is 4.74 Å². The molecule has 1 N–H and O–H groups in total. The maximum atomic E-state index is 13.0. The molecule has 0 aliphatic carbocycles. The van der Waals surface area contributed by atoms with Gasteiger partial charge in [-0.15, -0.1) is 0 Å². The Morgan fingerprint density at radius 2 is 1.89 bits per heavy atom. The molecule has 3 aromatic rings. The lowest BCUT2D eigenvalue weighted by Gasteiger charge is -2.17. The molecule has 0 spiro atoms. The second-order valence-corrected chi connectivity index (χ2v) is 6.20. The van der Waals surface area contributed by atoms with Crippen LogP contribution in [-0.2, 0) is 11.3 Å². The van der Waals surface area contributed by atoms with Crippen molar-refractivity contribution in [1.29, 1.82) is 0 Å². The maximum Gasteiger partial charge on any atom is 0.261 e. The summed E-state index contributed by atoms with van der Waals surface area (Å²) in [6.07, 6.45) is 3.56. The average molecular weight is 367 g/mol. The van der Waals surface area contributed by atoms with Crippen molar-refractivity contribution < 1.29 is 13.9 Å². The zero-order valence-corrected chi connectivity index (χ0v) is 15.4. The maximum absolute atomic E-state index is 13.0. The SMILES string of the molecule is CC[C@H](Oc1ccc(F)cc1)C(=O)NCc1ccc(-n2ccnc2C)cc1. The van der Waals surface area contributed by atoms with Crippen LogP contribution in [0, 0.1) is 12.7 Å². The predicted molar refractivity (Wildman–Crippen MR) is 101 cm³/mol. The van der Waals surface area contributed by atoms with E-state index >= 15 is 0 Å². The molecule has 1 amide bonds. The van der Waals surface area contributed by atoms with Gasteiger partial charge in [-0.1, -0.05) is 19.1 Å². The van der Waals surface area contributed by atoms with Crippen LogP contribution in [-0.4, -0.2) is 21.6 Å². The van der Waals surface area contributed by atoms with Crippen molar-refractivity contribution in [3.8, 4) is 11.4 Å². The second kappa shape index (κ2) is 8.49. The van der Waals surface area contributed by atoms with Gasteiger partial charge in [-0.2, -0.15) is 0 Å². The van der Waals surface area contributed by atoms with Crippen LogP contribution in [0.4, 0.5) is 4.39 Å². The number of benzene rings is 2. The molecule has 2 aromatic carbocycles. The van der Waals surface area contributed by atoms with Crippen molar-refractivity contribution in [3.63, 3.8) is 0 Å². The third-order valence-electron chi connectivity index (χ3n) is 4.26. The van der Waals surface area contributed by atoms with Crippen molar-refractivity contribution in [2.75, 3.05) is 0 Å². The first-order chi connectivity index (χ1) is 13.1. The summed E-state index contributed by atoms with van der Waals surface area (Å²) in [5.41, 5.74) is 2.01. The summed E-state index contributed by atoms with van der Waals surface area (Å²) in [6, 6.07) is 13.6. The van der Waals surface area contributed by atoms with Crippen LogP contribution in [0.2, 0.25) is 0 Å². The number of halogens is 1. The fourth-order valence-corrected chi connectivity index (χ4v) is 2.73. The summed E-state index contributed by atoms with van der Waals surface area (Å²) in [5, 5.41) is 2.89. The molecule has 0 fully saturated rings. The molecule has 140 valence electrons. The molecule has 0 aliphatic rings. The molecule has 0 saturated heterocycles. The molecule has 27 heavy (non-hydrogen) atoms. The minimum atomic E-state index is -0.622. The first kappa shape index (κ1) is 18.6. The zero-order chi connectivity index (χ0) is 19.2. The van der Waals surface area contributed by atoms with Crippen molar-refractivity contribution in [3.05, 3.63) is 78.1 Å². The van der Waals surface area contributed by atoms with Crippen molar-refractivity contribution >= 4 is 5.91 Å². The van der Waals surface area contributed by atoms with E-state index in [1.807, 2.05) is 48.9 Å². The Kier molecular flexibility index (Phi) is 5.86. The Morgan fingerprint density at radius 1 is 1.19 bits per heavy atom. The predicted octanol–water partition coefficient (Wildman–Crippen LogP) is 3.79. The van der Waals surface area contributed by atoms with Gasteiger partial charge in [0, 0.05) is 24.6 Å². The van der Waals surface area contributed by atoms with E-state index in [1.165, 1.54) is 24.3 Å². The number of carbonyl (C=O) groups excluding carboxylic acids is 1. The molecule has 1 aromatic heterocycles. The fraction of sp³-hybridized carbons (Fsp3) is 0.238. The largest absolute Gasteiger partial charge is 0.481 e. The van der Waals surface area contributed by atoms with Gasteiger partial charge in [0.25, 0.3) is 5.91 Å². The van der Waals surface area contributed by atoms with Crippen molar-refractivity contribution in [1.82, 2.24) is 14.9 Å². The molecule has 0 radical (unpaired) electrons. The van der Waals surface area contributed by atoms with Gasteiger partial charge >= 0.3 is 0 Å². The summed E-state index contributed by atoms with van der Waals surface area (Å²) in [5.74, 6) is 0.851. The summed E-state index contributed by atoms with van der Waals surface area (Å²) in [4.78, 5) is 16.6. The number of nitrogens with one attached hydrogen (secondary N) is 1. The fourth-order valence-electron chi connectivity index (χ4n) is 2.73. The smallest absolute Gasteiger partial charge is 0.261 e. The number of amides is 1. The highest BCUT2D eigenvalue weighted by atomic mass is 19.1. The van der Waals surface area contributed by atoms with Gasteiger partial charge in [0.05, 0.1) is 0 Å². The monoisotopic (exact) mass is 367 g/mol. The lowest BCUT2D eigenvalue weighted by atomic mass is 10.2. The Balaban J connectivity index is 1.57. The number of nitrogens with zero attached hydrogens (tertiary/aromatic N) is 2. The van der Waals surface area contributed by atoms with Gasteiger partial charge in [-0.05, 0) is 55.3 Å². The highest BCUT2D eigenvalue weighted by molar-refractivity contribution is 5.81. The number of carbonyl (C=O) groups is 1. The Morgan fingerprint density at radius 3 is 2.48 bits per heavy atom. The van der Waals surface area contributed by atoms with Crippen LogP contribution in [0.1, 0.15) is 24.7 Å². The van der Waals surface area contributed by atoms with Crippen LogP contribution >= 0.6 is 0 Å². The number of aromatic nitrogens is 2. The summed E-state index contributed by atoms with van der Waals surface area (Å²) in [7, 11) is 0. The van der Waals surface area contributed by atoms with Gasteiger partial charge < -0.3 is 14.6 Å². The topological polar surface area (TPSA) is 56.1 Å². The van der Waals surface area contributed by atoms with E-state index in [1.54, 1.807) is 6.20 Å². The summed E-state index contributed by atoms with van der Waals surface area (Å²) >= 11 is 0. The van der Waals surface area contributed by atoms with E-state index in [0.29, 0.717) is 18.7 Å². The van der Waals surface area contributed by atoms with Crippen LogP contribution < -0.4 is 10.1 Å². The van der Waals surface area contributed by atoms with Gasteiger partial charge in [0.2, 0.25) is 0 Å². The number of hydrogen-bond donors (Lipinski definition) is 1. The highest BCUT2D eigenvalue weighted by Crippen LogP contribution is 2.15. The first-order valence-corrected chi connectivity index (χ1v) is 8.86. The quantitative estimate of drug-likeness (QED) is 0.691. The van der Waals surface area contributed by atoms with Crippen LogP contribution in [0.3, 0.4) is 0 Å².